The average molecular weight is 724 g/mol. The van der Waals surface area contributed by atoms with E-state index in [1.54, 1.807) is 0 Å². The van der Waals surface area contributed by atoms with Gasteiger partial charge in [0.2, 0.25) is 0 Å². The number of rotatable bonds is 35. The number of allylic oxidation sites excluding steroid dienone is 10. The van der Waals surface area contributed by atoms with Crippen LogP contribution in [-0.2, 0) is 32.7 Å². The number of unbranched alkanes of at least 4 members (excludes halogenated alkanes) is 15. The molecule has 2 atom stereocenters. The van der Waals surface area contributed by atoms with Gasteiger partial charge in [0.1, 0.15) is 6.61 Å². The Balaban J connectivity index is 4.30. The molecule has 0 radical (unpaired) electrons. The third-order valence-electron chi connectivity index (χ3n) is 7.73. The highest BCUT2D eigenvalue weighted by Gasteiger charge is 2.25. The molecule has 0 saturated carbocycles. The van der Waals surface area contributed by atoms with E-state index in [9.17, 15) is 19.0 Å². The summed E-state index contributed by atoms with van der Waals surface area (Å²) in [5.41, 5.74) is 5.33. The number of nitrogens with two attached hydrogens (primary N) is 1. The van der Waals surface area contributed by atoms with Crippen molar-refractivity contribution < 1.29 is 37.6 Å². The van der Waals surface area contributed by atoms with Gasteiger partial charge in [0.15, 0.2) is 6.10 Å². The second-order valence-corrected chi connectivity index (χ2v) is 14.0. The fourth-order valence-electron chi connectivity index (χ4n) is 4.86. The van der Waals surface area contributed by atoms with Gasteiger partial charge in [-0.25, -0.2) is 4.57 Å². The van der Waals surface area contributed by atoms with Crippen LogP contribution in [0.4, 0.5) is 0 Å². The van der Waals surface area contributed by atoms with Crippen molar-refractivity contribution in [1.29, 1.82) is 0 Å². The topological polar surface area (TPSA) is 134 Å². The second-order valence-electron chi connectivity index (χ2n) is 12.5. The molecule has 0 aliphatic rings. The molecular weight excluding hydrogens is 653 g/mol. The highest BCUT2D eigenvalue weighted by atomic mass is 31.2. The van der Waals surface area contributed by atoms with Gasteiger partial charge in [-0.3, -0.25) is 18.6 Å². The van der Waals surface area contributed by atoms with Crippen molar-refractivity contribution in [3.8, 4) is 0 Å². The maximum atomic E-state index is 12.5. The van der Waals surface area contributed by atoms with Crippen molar-refractivity contribution in [2.24, 2.45) is 5.73 Å². The van der Waals surface area contributed by atoms with Gasteiger partial charge in [0.05, 0.1) is 13.2 Å². The van der Waals surface area contributed by atoms with E-state index in [2.05, 4.69) is 56.4 Å². The van der Waals surface area contributed by atoms with E-state index in [1.807, 2.05) is 18.2 Å². The number of hydrogen-bond donors (Lipinski definition) is 2. The second kappa shape index (κ2) is 36.5. The van der Waals surface area contributed by atoms with Gasteiger partial charge >= 0.3 is 19.8 Å². The minimum absolute atomic E-state index is 0.0433. The van der Waals surface area contributed by atoms with Crippen molar-refractivity contribution in [1.82, 2.24) is 0 Å². The van der Waals surface area contributed by atoms with Gasteiger partial charge in [0, 0.05) is 19.4 Å². The molecule has 0 aliphatic carbocycles. The zero-order chi connectivity index (χ0) is 36.8. The van der Waals surface area contributed by atoms with Gasteiger partial charge in [-0.05, 0) is 57.8 Å². The van der Waals surface area contributed by atoms with Crippen LogP contribution in [0.25, 0.3) is 0 Å². The van der Waals surface area contributed by atoms with Crippen LogP contribution >= 0.6 is 7.82 Å². The summed E-state index contributed by atoms with van der Waals surface area (Å²) >= 11 is 0. The van der Waals surface area contributed by atoms with Crippen LogP contribution in [0, 0.1) is 0 Å². The van der Waals surface area contributed by atoms with Gasteiger partial charge in [-0.15, -0.1) is 0 Å². The maximum absolute atomic E-state index is 12.5. The van der Waals surface area contributed by atoms with Crippen LogP contribution in [0.2, 0.25) is 0 Å². The third kappa shape index (κ3) is 35.5. The molecule has 0 aromatic rings. The van der Waals surface area contributed by atoms with Gasteiger partial charge in [-0.2, -0.15) is 0 Å². The van der Waals surface area contributed by atoms with Crippen molar-refractivity contribution >= 4 is 19.8 Å². The minimum atomic E-state index is -4.39. The Bertz CT molecular complexity index is 1010. The Labute approximate surface area is 304 Å². The van der Waals surface area contributed by atoms with E-state index in [0.717, 1.165) is 64.2 Å². The molecule has 0 aromatic heterocycles. The summed E-state index contributed by atoms with van der Waals surface area (Å²) in [5.74, 6) is -0.890. The first-order chi connectivity index (χ1) is 24.3. The van der Waals surface area contributed by atoms with E-state index in [0.29, 0.717) is 12.8 Å². The van der Waals surface area contributed by atoms with Gasteiger partial charge in [0.25, 0.3) is 0 Å². The van der Waals surface area contributed by atoms with E-state index < -0.39 is 32.5 Å². The monoisotopic (exact) mass is 723 g/mol. The van der Waals surface area contributed by atoms with E-state index in [4.69, 9.17) is 24.3 Å². The lowest BCUT2D eigenvalue weighted by atomic mass is 10.1. The highest BCUT2D eigenvalue weighted by molar-refractivity contribution is 7.47. The molecule has 0 rings (SSSR count). The predicted octanol–water partition coefficient (Wildman–Crippen LogP) is 10.5. The van der Waals surface area contributed by atoms with Crippen LogP contribution in [-0.4, -0.2) is 49.3 Å². The van der Waals surface area contributed by atoms with E-state index in [-0.39, 0.29) is 32.6 Å². The summed E-state index contributed by atoms with van der Waals surface area (Å²) in [6.07, 6.45) is 41.1. The molecule has 3 N–H and O–H groups in total. The van der Waals surface area contributed by atoms with Crippen LogP contribution in [0.5, 0.6) is 0 Å². The molecule has 0 saturated heterocycles. The highest BCUT2D eigenvalue weighted by Crippen LogP contribution is 2.43. The number of hydrogen-bond acceptors (Lipinski definition) is 8. The normalized spacial score (nSPS) is 14.1. The lowest BCUT2D eigenvalue weighted by Gasteiger charge is -2.19. The smallest absolute Gasteiger partial charge is 0.462 e. The van der Waals surface area contributed by atoms with Crippen molar-refractivity contribution in [2.75, 3.05) is 26.4 Å². The Kier molecular flexibility index (Phi) is 34.8. The predicted molar refractivity (Wildman–Crippen MR) is 206 cm³/mol. The molecule has 0 aliphatic heterocycles. The number of ether oxygens (including phenoxy) is 2. The Hall–Kier alpha value is -2.29. The number of carbonyl (C=O) groups is 2. The van der Waals surface area contributed by atoms with Crippen molar-refractivity contribution in [3.05, 3.63) is 60.8 Å². The first-order valence-electron chi connectivity index (χ1n) is 19.3. The SMILES string of the molecule is CC/C=C/C=C/C=C/CCCCCCCC(=O)OC(COC(=O)CCCCC/C=C/C=C/CCCCCCCCC)COP(=O)(O)OCCN. The fourth-order valence-corrected chi connectivity index (χ4v) is 5.62. The quantitative estimate of drug-likeness (QED) is 0.0283. The molecule has 2 unspecified atom stereocenters. The summed E-state index contributed by atoms with van der Waals surface area (Å²) in [6.45, 7) is 3.51. The largest absolute Gasteiger partial charge is 0.472 e. The molecule has 0 amide bonds. The molecular formula is C40H70NO8P. The fraction of sp³-hybridized carbons (Fsp3) is 0.700. The van der Waals surface area contributed by atoms with Crippen molar-refractivity contribution in [3.63, 3.8) is 0 Å². The Morgan fingerprint density at radius 2 is 1.10 bits per heavy atom. The summed E-state index contributed by atoms with van der Waals surface area (Å²) in [4.78, 5) is 34.7. The molecule has 0 heterocycles. The van der Waals surface area contributed by atoms with Crippen LogP contribution in [0.1, 0.15) is 149 Å². The molecule has 0 fully saturated rings. The first-order valence-corrected chi connectivity index (χ1v) is 20.8. The molecule has 9 nitrogen and oxygen atoms in total. The van der Waals surface area contributed by atoms with Crippen LogP contribution < -0.4 is 5.73 Å². The lowest BCUT2D eigenvalue weighted by molar-refractivity contribution is -0.161. The zero-order valence-electron chi connectivity index (χ0n) is 31.4. The van der Waals surface area contributed by atoms with Gasteiger partial charge < -0.3 is 20.1 Å². The summed E-state index contributed by atoms with van der Waals surface area (Å²) in [6, 6.07) is 0. The standard InChI is InChI=1S/C40H70NO8P/c1-3-5-7-9-11-13-15-17-18-19-21-22-24-26-28-30-32-39(42)46-36-38(37-48-50(44,45)47-35-34-41)49-40(43)33-31-29-27-25-23-20-16-14-12-10-8-6-4-2/h6,8,10,12,14,16,18-19,21-22,38H,3-5,7,9,11,13,15,17,20,23-37,41H2,1-2H3,(H,44,45)/b8-6+,12-10+,16-14+,19-18+,22-21+. The number of esters is 2. The van der Waals surface area contributed by atoms with E-state index in [1.165, 1.54) is 44.9 Å². The summed E-state index contributed by atoms with van der Waals surface area (Å²) in [7, 11) is -4.39. The van der Waals surface area contributed by atoms with Crippen molar-refractivity contribution in [2.45, 2.75) is 155 Å². The molecule has 0 spiro atoms. The molecule has 50 heavy (non-hydrogen) atoms. The number of carbonyl (C=O) groups excluding carboxylic acids is 2. The van der Waals surface area contributed by atoms with Crippen LogP contribution in [0.3, 0.4) is 0 Å². The maximum Gasteiger partial charge on any atom is 0.472 e. The Morgan fingerprint density at radius 3 is 1.66 bits per heavy atom. The third-order valence-corrected chi connectivity index (χ3v) is 8.71. The summed E-state index contributed by atoms with van der Waals surface area (Å²) < 4.78 is 32.6. The molecule has 0 aromatic carbocycles. The van der Waals surface area contributed by atoms with E-state index >= 15 is 0 Å². The lowest BCUT2D eigenvalue weighted by Crippen LogP contribution is -2.29. The first kappa shape index (κ1) is 47.7. The summed E-state index contributed by atoms with van der Waals surface area (Å²) in [5, 5.41) is 0. The molecule has 10 heteroatoms. The van der Waals surface area contributed by atoms with Crippen LogP contribution in [0.15, 0.2) is 60.8 Å². The average Bonchev–Trinajstić information content (AvgIpc) is 3.10. The molecule has 288 valence electrons. The Morgan fingerprint density at radius 1 is 0.620 bits per heavy atom. The number of phosphoric acid groups is 1. The minimum Gasteiger partial charge on any atom is -0.462 e. The number of phosphoric ester groups is 1. The van der Waals surface area contributed by atoms with Gasteiger partial charge in [-0.1, -0.05) is 139 Å². The molecule has 0 bridgehead atoms. The zero-order valence-corrected chi connectivity index (χ0v) is 32.3.